The Kier molecular flexibility index (Phi) is 5.36. The zero-order valence-corrected chi connectivity index (χ0v) is 10.1. The molecule has 4 heteroatoms. The molecule has 17 heavy (non-hydrogen) atoms. The molecule has 0 aliphatic carbocycles. The molecule has 0 spiro atoms. The van der Waals surface area contributed by atoms with Crippen molar-refractivity contribution in [3.63, 3.8) is 0 Å². The third-order valence-corrected chi connectivity index (χ3v) is 2.42. The van der Waals surface area contributed by atoms with E-state index in [0.717, 1.165) is 0 Å². The SMILES string of the molecule is CCNC(CC(=O)OC)C(=O)c1ccccc1. The van der Waals surface area contributed by atoms with Gasteiger partial charge in [0.2, 0.25) is 0 Å². The van der Waals surface area contributed by atoms with Gasteiger partial charge in [0.15, 0.2) is 5.78 Å². The highest BCUT2D eigenvalue weighted by Crippen LogP contribution is 2.07. The number of esters is 1. The second kappa shape index (κ2) is 6.81. The van der Waals surface area contributed by atoms with E-state index in [1.54, 1.807) is 24.3 Å². The summed E-state index contributed by atoms with van der Waals surface area (Å²) in [5.41, 5.74) is 0.599. The van der Waals surface area contributed by atoms with Crippen LogP contribution in [-0.4, -0.2) is 31.4 Å². The molecule has 1 unspecified atom stereocenters. The van der Waals surface area contributed by atoms with Crippen LogP contribution < -0.4 is 5.32 Å². The van der Waals surface area contributed by atoms with Gasteiger partial charge in [-0.1, -0.05) is 37.3 Å². The van der Waals surface area contributed by atoms with E-state index < -0.39 is 6.04 Å². The van der Waals surface area contributed by atoms with Gasteiger partial charge >= 0.3 is 5.97 Å². The third kappa shape index (κ3) is 4.00. The first-order valence-corrected chi connectivity index (χ1v) is 5.58. The highest BCUT2D eigenvalue weighted by atomic mass is 16.5. The van der Waals surface area contributed by atoms with Gasteiger partial charge in [0.1, 0.15) is 0 Å². The van der Waals surface area contributed by atoms with Crippen LogP contribution in [0.4, 0.5) is 0 Å². The summed E-state index contributed by atoms with van der Waals surface area (Å²) in [6.07, 6.45) is 0.0536. The lowest BCUT2D eigenvalue weighted by molar-refractivity contribution is -0.140. The monoisotopic (exact) mass is 235 g/mol. The number of carbonyl (C=O) groups is 2. The van der Waals surface area contributed by atoms with Gasteiger partial charge in [0.25, 0.3) is 0 Å². The van der Waals surface area contributed by atoms with Crippen molar-refractivity contribution in [1.82, 2.24) is 5.32 Å². The molecule has 0 aromatic heterocycles. The Hall–Kier alpha value is -1.68. The molecule has 1 rings (SSSR count). The average molecular weight is 235 g/mol. The highest BCUT2D eigenvalue weighted by molar-refractivity contribution is 6.01. The number of rotatable bonds is 6. The first-order valence-electron chi connectivity index (χ1n) is 5.58. The van der Waals surface area contributed by atoms with Gasteiger partial charge < -0.3 is 10.1 Å². The Balaban J connectivity index is 2.77. The maximum absolute atomic E-state index is 12.1. The van der Waals surface area contributed by atoms with Crippen LogP contribution in [0.25, 0.3) is 0 Å². The number of ether oxygens (including phenoxy) is 1. The largest absolute Gasteiger partial charge is 0.469 e. The minimum Gasteiger partial charge on any atom is -0.469 e. The molecule has 0 radical (unpaired) electrons. The molecule has 0 saturated heterocycles. The molecule has 4 nitrogen and oxygen atoms in total. The van der Waals surface area contributed by atoms with Crippen molar-refractivity contribution in [2.75, 3.05) is 13.7 Å². The summed E-state index contributed by atoms with van der Waals surface area (Å²) in [4.78, 5) is 23.3. The summed E-state index contributed by atoms with van der Waals surface area (Å²) >= 11 is 0. The Labute approximate surface area is 101 Å². The Morgan fingerprint density at radius 1 is 1.29 bits per heavy atom. The molecule has 92 valence electrons. The molecule has 0 amide bonds. The van der Waals surface area contributed by atoms with Crippen molar-refractivity contribution in [2.45, 2.75) is 19.4 Å². The van der Waals surface area contributed by atoms with Gasteiger partial charge in [-0.3, -0.25) is 9.59 Å². The maximum atomic E-state index is 12.1. The number of hydrogen-bond acceptors (Lipinski definition) is 4. The molecule has 0 aliphatic rings. The second-order valence-electron chi connectivity index (χ2n) is 3.62. The van der Waals surface area contributed by atoms with Gasteiger partial charge in [-0.25, -0.2) is 0 Å². The lowest BCUT2D eigenvalue weighted by Gasteiger charge is -2.15. The number of Topliss-reactive ketones (excluding diaryl/α,β-unsaturated/α-hetero) is 1. The predicted molar refractivity (Wildman–Crippen MR) is 64.9 cm³/mol. The quantitative estimate of drug-likeness (QED) is 0.598. The minimum absolute atomic E-state index is 0.0536. The molecule has 1 atom stereocenters. The van der Waals surface area contributed by atoms with Gasteiger partial charge in [-0.15, -0.1) is 0 Å². The summed E-state index contributed by atoms with van der Waals surface area (Å²) in [5.74, 6) is -0.474. The summed E-state index contributed by atoms with van der Waals surface area (Å²) in [7, 11) is 1.32. The van der Waals surface area contributed by atoms with Gasteiger partial charge in [-0.05, 0) is 6.54 Å². The summed E-state index contributed by atoms with van der Waals surface area (Å²) in [6, 6.07) is 8.41. The lowest BCUT2D eigenvalue weighted by atomic mass is 10.0. The molecule has 0 fully saturated rings. The molecular formula is C13H17NO3. The standard InChI is InChI=1S/C13H17NO3/c1-3-14-11(9-12(15)17-2)13(16)10-7-5-4-6-8-10/h4-8,11,14H,3,9H2,1-2H3. The van der Waals surface area contributed by atoms with Crippen molar-refractivity contribution >= 4 is 11.8 Å². The maximum Gasteiger partial charge on any atom is 0.307 e. The van der Waals surface area contributed by atoms with Crippen molar-refractivity contribution in [2.24, 2.45) is 0 Å². The van der Waals surface area contributed by atoms with Gasteiger partial charge in [0.05, 0.1) is 19.6 Å². The van der Waals surface area contributed by atoms with Crippen LogP contribution in [0.2, 0.25) is 0 Å². The number of methoxy groups -OCH3 is 1. The normalized spacial score (nSPS) is 11.9. The molecule has 0 heterocycles. The minimum atomic E-state index is -0.519. The summed E-state index contributed by atoms with van der Waals surface area (Å²) < 4.78 is 4.58. The first kappa shape index (κ1) is 13.4. The lowest BCUT2D eigenvalue weighted by Crippen LogP contribution is -2.38. The molecule has 0 bridgehead atoms. The Morgan fingerprint density at radius 2 is 1.94 bits per heavy atom. The van der Waals surface area contributed by atoms with E-state index in [2.05, 4.69) is 10.1 Å². The zero-order chi connectivity index (χ0) is 12.7. The van der Waals surface area contributed by atoms with E-state index >= 15 is 0 Å². The highest BCUT2D eigenvalue weighted by Gasteiger charge is 2.22. The van der Waals surface area contributed by atoms with Crippen LogP contribution in [0, 0.1) is 0 Å². The number of carbonyl (C=O) groups excluding carboxylic acids is 2. The molecular weight excluding hydrogens is 218 g/mol. The van der Waals surface area contributed by atoms with Crippen molar-refractivity contribution in [3.05, 3.63) is 35.9 Å². The zero-order valence-electron chi connectivity index (χ0n) is 10.1. The third-order valence-electron chi connectivity index (χ3n) is 2.42. The second-order valence-corrected chi connectivity index (χ2v) is 3.62. The fourth-order valence-corrected chi connectivity index (χ4v) is 1.56. The smallest absolute Gasteiger partial charge is 0.307 e. The summed E-state index contributed by atoms with van der Waals surface area (Å²) in [6.45, 7) is 2.52. The van der Waals surface area contributed by atoms with Gasteiger partial charge in [0, 0.05) is 5.56 Å². The topological polar surface area (TPSA) is 55.4 Å². The van der Waals surface area contributed by atoms with Crippen LogP contribution in [0.3, 0.4) is 0 Å². The molecule has 1 aromatic rings. The number of likely N-dealkylation sites (N-methyl/N-ethyl adjacent to an activating group) is 1. The van der Waals surface area contributed by atoms with Crippen molar-refractivity contribution in [1.29, 1.82) is 0 Å². The number of benzene rings is 1. The predicted octanol–water partition coefficient (Wildman–Crippen LogP) is 1.41. The van der Waals surface area contributed by atoms with E-state index in [0.29, 0.717) is 12.1 Å². The first-order chi connectivity index (χ1) is 8.19. The Morgan fingerprint density at radius 3 is 2.47 bits per heavy atom. The van der Waals surface area contributed by atoms with E-state index in [1.165, 1.54) is 7.11 Å². The number of ketones is 1. The number of nitrogens with one attached hydrogen (secondary N) is 1. The van der Waals surface area contributed by atoms with Crippen LogP contribution in [0.5, 0.6) is 0 Å². The van der Waals surface area contributed by atoms with Crippen LogP contribution in [0.1, 0.15) is 23.7 Å². The van der Waals surface area contributed by atoms with Crippen molar-refractivity contribution in [3.8, 4) is 0 Å². The van der Waals surface area contributed by atoms with E-state index in [4.69, 9.17) is 0 Å². The number of hydrogen-bond donors (Lipinski definition) is 1. The van der Waals surface area contributed by atoms with Crippen LogP contribution in [-0.2, 0) is 9.53 Å². The molecule has 0 aliphatic heterocycles. The van der Waals surface area contributed by atoms with E-state index in [9.17, 15) is 9.59 Å². The summed E-state index contributed by atoms with van der Waals surface area (Å²) in [5, 5.41) is 3.00. The van der Waals surface area contributed by atoms with E-state index in [-0.39, 0.29) is 18.2 Å². The molecule has 1 aromatic carbocycles. The van der Waals surface area contributed by atoms with E-state index in [1.807, 2.05) is 13.0 Å². The average Bonchev–Trinajstić information content (AvgIpc) is 2.38. The van der Waals surface area contributed by atoms with Crippen LogP contribution >= 0.6 is 0 Å². The van der Waals surface area contributed by atoms with Crippen molar-refractivity contribution < 1.29 is 14.3 Å². The Bertz CT molecular complexity index is 376. The fraction of sp³-hybridized carbons (Fsp3) is 0.385. The van der Waals surface area contributed by atoms with Gasteiger partial charge in [-0.2, -0.15) is 0 Å². The molecule has 1 N–H and O–H groups in total. The molecule has 0 saturated carbocycles. The van der Waals surface area contributed by atoms with Crippen LogP contribution in [0.15, 0.2) is 30.3 Å². The fourth-order valence-electron chi connectivity index (χ4n) is 1.56.